The van der Waals surface area contributed by atoms with Crippen molar-refractivity contribution in [2.75, 3.05) is 44.8 Å². The van der Waals surface area contributed by atoms with Crippen molar-refractivity contribution in [3.63, 3.8) is 0 Å². The highest BCUT2D eigenvalue weighted by atomic mass is 19.1. The third-order valence-corrected chi connectivity index (χ3v) is 3.25. The average Bonchev–Trinajstić information content (AvgIpc) is 2.46. The van der Waals surface area contributed by atoms with Crippen LogP contribution in [0.4, 0.5) is 10.1 Å². The molecule has 1 saturated heterocycles. The minimum Gasteiger partial charge on any atom is -0.489 e. The van der Waals surface area contributed by atoms with Crippen LogP contribution in [0, 0.1) is 5.82 Å². The second kappa shape index (κ2) is 6.73. The Balaban J connectivity index is 2.12. The molecule has 19 heavy (non-hydrogen) atoms. The SMILES string of the molecule is COC(C)COc1ccc(F)cc1N1CCNCC1. The van der Waals surface area contributed by atoms with Crippen molar-refractivity contribution in [3.8, 4) is 5.75 Å². The van der Waals surface area contributed by atoms with Crippen molar-refractivity contribution in [1.82, 2.24) is 5.32 Å². The van der Waals surface area contributed by atoms with E-state index in [1.54, 1.807) is 13.2 Å². The molecule has 0 aromatic heterocycles. The van der Waals surface area contributed by atoms with Crippen LogP contribution in [0.3, 0.4) is 0 Å². The molecule has 1 atom stereocenters. The third kappa shape index (κ3) is 3.81. The lowest BCUT2D eigenvalue weighted by molar-refractivity contribution is 0.0718. The molecule has 1 aliphatic rings. The lowest BCUT2D eigenvalue weighted by atomic mass is 10.2. The van der Waals surface area contributed by atoms with Crippen LogP contribution >= 0.6 is 0 Å². The van der Waals surface area contributed by atoms with E-state index >= 15 is 0 Å². The number of hydrogen-bond donors (Lipinski definition) is 1. The highest BCUT2D eigenvalue weighted by molar-refractivity contribution is 5.59. The van der Waals surface area contributed by atoms with Crippen LogP contribution in [0.15, 0.2) is 18.2 Å². The fourth-order valence-electron chi connectivity index (χ4n) is 2.04. The van der Waals surface area contributed by atoms with Crippen LogP contribution < -0.4 is 15.0 Å². The van der Waals surface area contributed by atoms with Crippen LogP contribution in [0.2, 0.25) is 0 Å². The van der Waals surface area contributed by atoms with Gasteiger partial charge in [-0.15, -0.1) is 0 Å². The van der Waals surface area contributed by atoms with Gasteiger partial charge in [-0.25, -0.2) is 4.39 Å². The number of piperazine rings is 1. The predicted octanol–water partition coefficient (Wildman–Crippen LogP) is 1.65. The fraction of sp³-hybridized carbons (Fsp3) is 0.571. The Morgan fingerprint density at radius 3 is 2.79 bits per heavy atom. The zero-order valence-corrected chi connectivity index (χ0v) is 11.5. The minimum absolute atomic E-state index is 0.0147. The molecule has 0 amide bonds. The zero-order chi connectivity index (χ0) is 13.7. The maximum Gasteiger partial charge on any atom is 0.142 e. The van der Waals surface area contributed by atoms with E-state index in [0.29, 0.717) is 12.4 Å². The first-order valence-electron chi connectivity index (χ1n) is 6.61. The molecule has 1 aliphatic heterocycles. The Hall–Kier alpha value is -1.33. The Labute approximate surface area is 113 Å². The Morgan fingerprint density at radius 2 is 2.11 bits per heavy atom. The van der Waals surface area contributed by atoms with Gasteiger partial charge in [0.15, 0.2) is 0 Å². The number of benzene rings is 1. The maximum atomic E-state index is 13.4. The monoisotopic (exact) mass is 268 g/mol. The molecule has 1 fully saturated rings. The van der Waals surface area contributed by atoms with E-state index in [2.05, 4.69) is 10.2 Å². The number of anilines is 1. The van der Waals surface area contributed by atoms with Crippen LogP contribution in [0.1, 0.15) is 6.92 Å². The van der Waals surface area contributed by atoms with Crippen molar-refractivity contribution in [3.05, 3.63) is 24.0 Å². The van der Waals surface area contributed by atoms with Gasteiger partial charge in [-0.05, 0) is 19.1 Å². The Bertz CT molecular complexity index is 408. The first-order valence-corrected chi connectivity index (χ1v) is 6.61. The fourth-order valence-corrected chi connectivity index (χ4v) is 2.04. The molecule has 106 valence electrons. The van der Waals surface area contributed by atoms with Gasteiger partial charge in [0.05, 0.1) is 11.8 Å². The van der Waals surface area contributed by atoms with E-state index in [1.165, 1.54) is 12.1 Å². The van der Waals surface area contributed by atoms with Crippen LogP contribution in [0.25, 0.3) is 0 Å². The number of hydrogen-bond acceptors (Lipinski definition) is 4. The summed E-state index contributed by atoms with van der Waals surface area (Å²) in [6, 6.07) is 4.66. The molecular weight excluding hydrogens is 247 g/mol. The summed E-state index contributed by atoms with van der Waals surface area (Å²) in [6.07, 6.45) is 0.0147. The van der Waals surface area contributed by atoms with Gasteiger partial charge in [-0.2, -0.15) is 0 Å². The summed E-state index contributed by atoms with van der Waals surface area (Å²) in [5.74, 6) is 0.480. The molecule has 2 rings (SSSR count). The molecule has 1 aromatic carbocycles. The van der Waals surface area contributed by atoms with Gasteiger partial charge >= 0.3 is 0 Å². The molecule has 0 saturated carbocycles. The molecular formula is C14H21FN2O2. The van der Waals surface area contributed by atoms with E-state index in [-0.39, 0.29) is 11.9 Å². The molecule has 1 N–H and O–H groups in total. The predicted molar refractivity (Wildman–Crippen MR) is 73.4 cm³/mol. The zero-order valence-electron chi connectivity index (χ0n) is 11.5. The number of nitrogens with one attached hydrogen (secondary N) is 1. The van der Waals surface area contributed by atoms with Crippen LogP contribution in [0.5, 0.6) is 5.75 Å². The van der Waals surface area contributed by atoms with Crippen molar-refractivity contribution < 1.29 is 13.9 Å². The van der Waals surface area contributed by atoms with E-state index in [4.69, 9.17) is 9.47 Å². The van der Waals surface area contributed by atoms with E-state index in [0.717, 1.165) is 31.9 Å². The molecule has 1 heterocycles. The molecule has 0 spiro atoms. The minimum atomic E-state index is -0.235. The Kier molecular flexibility index (Phi) is 4.99. The molecule has 4 nitrogen and oxygen atoms in total. The molecule has 1 aromatic rings. The first-order chi connectivity index (χ1) is 9.20. The summed E-state index contributed by atoms with van der Waals surface area (Å²) in [5.41, 5.74) is 0.824. The van der Waals surface area contributed by atoms with Gasteiger partial charge in [-0.1, -0.05) is 0 Å². The van der Waals surface area contributed by atoms with E-state index < -0.39 is 0 Å². The van der Waals surface area contributed by atoms with Gasteiger partial charge in [0.2, 0.25) is 0 Å². The highest BCUT2D eigenvalue weighted by Gasteiger charge is 2.16. The molecule has 0 radical (unpaired) electrons. The average molecular weight is 268 g/mol. The van der Waals surface area contributed by atoms with Crippen LogP contribution in [-0.4, -0.2) is 46.0 Å². The molecule has 0 aliphatic carbocycles. The number of nitrogens with zero attached hydrogens (tertiary/aromatic N) is 1. The summed E-state index contributed by atoms with van der Waals surface area (Å²) in [4.78, 5) is 2.15. The number of methoxy groups -OCH3 is 1. The number of halogens is 1. The maximum absolute atomic E-state index is 13.4. The summed E-state index contributed by atoms with van der Waals surface area (Å²) in [7, 11) is 1.65. The highest BCUT2D eigenvalue weighted by Crippen LogP contribution is 2.29. The molecule has 1 unspecified atom stereocenters. The van der Waals surface area contributed by atoms with E-state index in [1.807, 2.05) is 6.92 Å². The summed E-state index contributed by atoms with van der Waals surface area (Å²) in [6.45, 7) is 5.93. The molecule has 5 heteroatoms. The summed E-state index contributed by atoms with van der Waals surface area (Å²) in [5, 5.41) is 3.28. The van der Waals surface area contributed by atoms with Crippen molar-refractivity contribution in [1.29, 1.82) is 0 Å². The standard InChI is InChI=1S/C14H21FN2O2/c1-11(18-2)10-19-14-4-3-12(15)9-13(14)17-7-5-16-6-8-17/h3-4,9,11,16H,5-8,10H2,1-2H3. The van der Waals surface area contributed by atoms with Gasteiger partial charge < -0.3 is 19.7 Å². The number of ether oxygens (including phenoxy) is 2. The first kappa shape index (κ1) is 14.1. The lowest BCUT2D eigenvalue weighted by Gasteiger charge is -2.31. The summed E-state index contributed by atoms with van der Waals surface area (Å²) < 4.78 is 24.3. The van der Waals surface area contributed by atoms with Gasteiger partial charge in [-0.3, -0.25) is 0 Å². The van der Waals surface area contributed by atoms with Gasteiger partial charge in [0.25, 0.3) is 0 Å². The van der Waals surface area contributed by atoms with Crippen LogP contribution in [-0.2, 0) is 4.74 Å². The third-order valence-electron chi connectivity index (χ3n) is 3.25. The van der Waals surface area contributed by atoms with Gasteiger partial charge in [0, 0.05) is 39.4 Å². The Morgan fingerprint density at radius 1 is 1.37 bits per heavy atom. The second-order valence-electron chi connectivity index (χ2n) is 4.71. The molecule has 0 bridgehead atoms. The quantitative estimate of drug-likeness (QED) is 0.880. The van der Waals surface area contributed by atoms with Crippen molar-refractivity contribution in [2.24, 2.45) is 0 Å². The lowest BCUT2D eigenvalue weighted by Crippen LogP contribution is -2.43. The smallest absolute Gasteiger partial charge is 0.142 e. The summed E-state index contributed by atoms with van der Waals surface area (Å²) >= 11 is 0. The van der Waals surface area contributed by atoms with Crippen molar-refractivity contribution >= 4 is 5.69 Å². The topological polar surface area (TPSA) is 33.7 Å². The second-order valence-corrected chi connectivity index (χ2v) is 4.71. The van der Waals surface area contributed by atoms with E-state index in [9.17, 15) is 4.39 Å². The normalized spacial score (nSPS) is 17.3. The van der Waals surface area contributed by atoms with Crippen molar-refractivity contribution in [2.45, 2.75) is 13.0 Å². The van der Waals surface area contributed by atoms with Gasteiger partial charge in [0.1, 0.15) is 18.2 Å². The largest absolute Gasteiger partial charge is 0.489 e. The number of rotatable bonds is 5.